The van der Waals surface area contributed by atoms with Crippen molar-refractivity contribution in [2.75, 3.05) is 26.7 Å². The van der Waals surface area contributed by atoms with Gasteiger partial charge in [-0.2, -0.15) is 13.2 Å². The average Bonchev–Trinajstić information content (AvgIpc) is 3.07. The van der Waals surface area contributed by atoms with E-state index in [0.717, 1.165) is 22.8 Å². The maximum absolute atomic E-state index is 12.6. The van der Waals surface area contributed by atoms with Gasteiger partial charge in [0.15, 0.2) is 5.96 Å². The molecule has 0 aliphatic heterocycles. The predicted octanol–water partition coefficient (Wildman–Crippen LogP) is 3.31. The van der Waals surface area contributed by atoms with Crippen molar-refractivity contribution in [3.8, 4) is 5.75 Å². The van der Waals surface area contributed by atoms with Gasteiger partial charge in [-0.25, -0.2) is 4.98 Å². The first-order valence-electron chi connectivity index (χ1n) is 9.07. The quantitative estimate of drug-likeness (QED) is 0.497. The Morgan fingerprint density at radius 2 is 2.03 bits per heavy atom. The van der Waals surface area contributed by atoms with Gasteiger partial charge in [0.2, 0.25) is 0 Å². The van der Waals surface area contributed by atoms with Gasteiger partial charge in [-0.05, 0) is 38.1 Å². The van der Waals surface area contributed by atoms with Crippen LogP contribution in [-0.4, -0.2) is 53.8 Å². The summed E-state index contributed by atoms with van der Waals surface area (Å²) in [4.78, 5) is 10.7. The van der Waals surface area contributed by atoms with Gasteiger partial charge in [0.05, 0.1) is 29.4 Å². The molecule has 2 aromatic rings. The molecule has 0 fully saturated rings. The molecule has 0 saturated heterocycles. The fraction of sp³-hybridized carbons (Fsp3) is 0.474. The molecule has 1 heterocycles. The molecule has 29 heavy (non-hydrogen) atoms. The molecule has 0 saturated carbocycles. The van der Waals surface area contributed by atoms with Crippen LogP contribution >= 0.6 is 11.3 Å². The van der Waals surface area contributed by atoms with E-state index in [0.29, 0.717) is 19.0 Å². The number of hydrogen-bond donors (Lipinski definition) is 2. The van der Waals surface area contributed by atoms with Crippen LogP contribution < -0.4 is 10.1 Å². The topological polar surface area (TPSA) is 70.0 Å². The summed E-state index contributed by atoms with van der Waals surface area (Å²) in [6, 6.07) is 4.34. The zero-order valence-electron chi connectivity index (χ0n) is 16.5. The van der Waals surface area contributed by atoms with E-state index in [4.69, 9.17) is 4.74 Å². The molecule has 160 valence electrons. The minimum absolute atomic E-state index is 0.0801. The molecule has 1 aromatic heterocycles. The molecule has 1 atom stereocenters. The molecule has 1 aromatic carbocycles. The summed E-state index contributed by atoms with van der Waals surface area (Å²) in [5, 5.41) is 16.2. The Balaban J connectivity index is 1.87. The summed E-state index contributed by atoms with van der Waals surface area (Å²) >= 11 is 1.58. The van der Waals surface area contributed by atoms with E-state index in [1.807, 2.05) is 31.2 Å². The lowest BCUT2D eigenvalue weighted by atomic mass is 10.2. The number of rotatable bonds is 8. The number of hydrogen-bond acceptors (Lipinski definition) is 5. The standard InChI is InChI=1S/C19H25F3N4O2S/c1-4-23-18(26(3)10-15-12-29-13(2)25-15)24-9-16(27)11-28-17-7-5-14(6-8-17)19(20,21)22/h5-8,12,16,27H,4,9-11H2,1-3H3,(H,23,24). The van der Waals surface area contributed by atoms with E-state index >= 15 is 0 Å². The predicted molar refractivity (Wildman–Crippen MR) is 107 cm³/mol. The molecule has 0 aliphatic carbocycles. The molecular formula is C19H25F3N4O2S. The maximum atomic E-state index is 12.6. The van der Waals surface area contributed by atoms with Crippen LogP contribution in [0.4, 0.5) is 13.2 Å². The molecule has 1 unspecified atom stereocenters. The SMILES string of the molecule is CCNC(=NCC(O)COc1ccc(C(F)(F)F)cc1)N(C)Cc1csc(C)n1. The Kier molecular flexibility index (Phi) is 8.27. The molecule has 0 radical (unpaired) electrons. The molecule has 0 spiro atoms. The average molecular weight is 430 g/mol. The fourth-order valence-corrected chi connectivity index (χ4v) is 3.05. The van der Waals surface area contributed by atoms with Crippen LogP contribution in [0.2, 0.25) is 0 Å². The number of guanidine groups is 1. The van der Waals surface area contributed by atoms with Gasteiger partial charge < -0.3 is 20.1 Å². The Hall–Kier alpha value is -2.33. The lowest BCUT2D eigenvalue weighted by molar-refractivity contribution is -0.137. The van der Waals surface area contributed by atoms with Crippen LogP contribution in [0.25, 0.3) is 0 Å². The summed E-state index contributed by atoms with van der Waals surface area (Å²) in [7, 11) is 1.88. The highest BCUT2D eigenvalue weighted by molar-refractivity contribution is 7.09. The van der Waals surface area contributed by atoms with Crippen molar-refractivity contribution in [3.63, 3.8) is 0 Å². The lowest BCUT2D eigenvalue weighted by Gasteiger charge is -2.21. The van der Waals surface area contributed by atoms with Gasteiger partial charge in [0.25, 0.3) is 0 Å². The first-order chi connectivity index (χ1) is 13.7. The van der Waals surface area contributed by atoms with E-state index in [1.54, 1.807) is 11.3 Å². The molecule has 0 aliphatic rings. The third-order valence-electron chi connectivity index (χ3n) is 3.84. The molecule has 2 rings (SSSR count). The zero-order chi connectivity index (χ0) is 21.4. The molecule has 6 nitrogen and oxygen atoms in total. The molecule has 0 amide bonds. The van der Waals surface area contributed by atoms with E-state index in [9.17, 15) is 18.3 Å². The number of aliphatic imine (C=N–C) groups is 1. The van der Waals surface area contributed by atoms with Crippen molar-refractivity contribution in [2.24, 2.45) is 4.99 Å². The number of aromatic nitrogens is 1. The zero-order valence-corrected chi connectivity index (χ0v) is 17.3. The molecule has 0 bridgehead atoms. The van der Waals surface area contributed by atoms with Crippen LogP contribution in [0.1, 0.15) is 23.2 Å². The van der Waals surface area contributed by atoms with Crippen LogP contribution in [0.15, 0.2) is 34.6 Å². The smallest absolute Gasteiger partial charge is 0.416 e. The number of nitrogens with one attached hydrogen (secondary N) is 1. The second-order valence-electron chi connectivity index (χ2n) is 6.40. The van der Waals surface area contributed by atoms with Gasteiger partial charge in [-0.3, -0.25) is 4.99 Å². The molecular weight excluding hydrogens is 405 g/mol. The van der Waals surface area contributed by atoms with Gasteiger partial charge >= 0.3 is 6.18 Å². The van der Waals surface area contributed by atoms with Crippen LogP contribution in [0.5, 0.6) is 5.75 Å². The minimum Gasteiger partial charge on any atom is -0.491 e. The second kappa shape index (κ2) is 10.4. The fourth-order valence-electron chi connectivity index (χ4n) is 2.45. The van der Waals surface area contributed by atoms with Gasteiger partial charge in [0, 0.05) is 19.0 Å². The van der Waals surface area contributed by atoms with Crippen molar-refractivity contribution in [3.05, 3.63) is 45.9 Å². The monoisotopic (exact) mass is 430 g/mol. The third kappa shape index (κ3) is 7.54. The van der Waals surface area contributed by atoms with E-state index < -0.39 is 17.8 Å². The van der Waals surface area contributed by atoms with E-state index in [1.165, 1.54) is 12.1 Å². The summed E-state index contributed by atoms with van der Waals surface area (Å²) in [6.07, 6.45) is -5.29. The number of thiazole rings is 1. The van der Waals surface area contributed by atoms with Crippen LogP contribution in [0, 0.1) is 6.92 Å². The number of alkyl halides is 3. The largest absolute Gasteiger partial charge is 0.491 e. The van der Waals surface area contributed by atoms with Gasteiger partial charge in [0.1, 0.15) is 18.5 Å². The number of ether oxygens (including phenoxy) is 1. The number of aliphatic hydroxyl groups excluding tert-OH is 1. The number of halogens is 3. The minimum atomic E-state index is -4.39. The van der Waals surface area contributed by atoms with Crippen molar-refractivity contribution in [1.82, 2.24) is 15.2 Å². The lowest BCUT2D eigenvalue weighted by Crippen LogP contribution is -2.39. The number of nitrogens with zero attached hydrogens (tertiary/aromatic N) is 3. The van der Waals surface area contributed by atoms with E-state index in [-0.39, 0.29) is 18.9 Å². The Bertz CT molecular complexity index is 793. The number of benzene rings is 1. The number of aryl methyl sites for hydroxylation is 1. The first kappa shape index (κ1) is 23.0. The second-order valence-corrected chi connectivity index (χ2v) is 7.46. The van der Waals surface area contributed by atoms with Crippen molar-refractivity contribution in [1.29, 1.82) is 0 Å². The summed E-state index contributed by atoms with van der Waals surface area (Å²) in [5.41, 5.74) is 0.190. The summed E-state index contributed by atoms with van der Waals surface area (Å²) in [5.74, 6) is 0.871. The number of aliphatic hydroxyl groups is 1. The first-order valence-corrected chi connectivity index (χ1v) is 9.95. The highest BCUT2D eigenvalue weighted by Gasteiger charge is 2.30. The highest BCUT2D eigenvalue weighted by atomic mass is 32.1. The third-order valence-corrected chi connectivity index (χ3v) is 4.66. The molecule has 2 N–H and O–H groups in total. The summed E-state index contributed by atoms with van der Waals surface area (Å²) in [6.45, 7) is 5.14. The van der Waals surface area contributed by atoms with Crippen LogP contribution in [0.3, 0.4) is 0 Å². The molecule has 10 heteroatoms. The Labute approximate surface area is 172 Å². The van der Waals surface area contributed by atoms with Crippen LogP contribution in [-0.2, 0) is 12.7 Å². The van der Waals surface area contributed by atoms with Crippen molar-refractivity contribution >= 4 is 17.3 Å². The summed E-state index contributed by atoms with van der Waals surface area (Å²) < 4.78 is 43.1. The van der Waals surface area contributed by atoms with E-state index in [2.05, 4.69) is 15.3 Å². The van der Waals surface area contributed by atoms with Gasteiger partial charge in [-0.1, -0.05) is 0 Å². The van der Waals surface area contributed by atoms with Crippen molar-refractivity contribution in [2.45, 2.75) is 32.7 Å². The Morgan fingerprint density at radius 3 is 2.59 bits per heavy atom. The Morgan fingerprint density at radius 1 is 1.34 bits per heavy atom. The van der Waals surface area contributed by atoms with Crippen molar-refractivity contribution < 1.29 is 23.0 Å². The highest BCUT2D eigenvalue weighted by Crippen LogP contribution is 2.30. The maximum Gasteiger partial charge on any atom is 0.416 e. The normalized spacial score (nSPS) is 13.3. The van der Waals surface area contributed by atoms with Gasteiger partial charge in [-0.15, -0.1) is 11.3 Å².